The summed E-state index contributed by atoms with van der Waals surface area (Å²) in [5, 5.41) is 0. The van der Waals surface area contributed by atoms with Crippen molar-refractivity contribution in [1.82, 2.24) is 0 Å². The summed E-state index contributed by atoms with van der Waals surface area (Å²) in [5.74, 6) is 0.482. The zero-order valence-electron chi connectivity index (χ0n) is 13.1. The number of halogens is 4. The molecule has 1 aliphatic rings. The van der Waals surface area contributed by atoms with Gasteiger partial charge in [0.05, 0.1) is 15.0 Å². The number of thioether (sulfide) groups is 2. The Morgan fingerprint density at radius 2 is 1.73 bits per heavy atom. The Hall–Kier alpha value is -1.39. The third-order valence-corrected chi connectivity index (χ3v) is 8.07. The number of alkyl halides is 3. The molecule has 2 aromatic carbocycles. The van der Waals surface area contributed by atoms with Crippen LogP contribution < -0.4 is 4.72 Å². The SMILES string of the molecule is O=S(=O)(Nc1cccc(C2SCCS2)c1)c1ccc(F)c(C(F)(F)F)c1. The molecule has 10 heteroatoms. The van der Waals surface area contributed by atoms with E-state index in [4.69, 9.17) is 0 Å². The lowest BCUT2D eigenvalue weighted by atomic mass is 10.2. The van der Waals surface area contributed by atoms with Crippen LogP contribution in [0.3, 0.4) is 0 Å². The van der Waals surface area contributed by atoms with Crippen molar-refractivity contribution in [2.24, 2.45) is 0 Å². The van der Waals surface area contributed by atoms with Gasteiger partial charge in [-0.2, -0.15) is 13.2 Å². The van der Waals surface area contributed by atoms with Crippen LogP contribution in [-0.4, -0.2) is 19.9 Å². The molecule has 0 radical (unpaired) electrons. The minimum Gasteiger partial charge on any atom is -0.280 e. The van der Waals surface area contributed by atoms with Gasteiger partial charge in [-0.15, -0.1) is 23.5 Å². The number of sulfonamides is 1. The Kier molecular flexibility index (Phi) is 5.45. The Morgan fingerprint density at radius 1 is 1.04 bits per heavy atom. The second-order valence-corrected chi connectivity index (χ2v) is 9.85. The van der Waals surface area contributed by atoms with E-state index in [1.165, 1.54) is 6.07 Å². The lowest BCUT2D eigenvalue weighted by Gasteiger charge is -2.14. The molecule has 0 bridgehead atoms. The van der Waals surface area contributed by atoms with E-state index in [0.717, 1.165) is 23.1 Å². The summed E-state index contributed by atoms with van der Waals surface area (Å²) in [4.78, 5) is -0.652. The molecule has 0 aromatic heterocycles. The van der Waals surface area contributed by atoms with Crippen molar-refractivity contribution in [3.05, 3.63) is 59.4 Å². The van der Waals surface area contributed by atoms with Crippen LogP contribution >= 0.6 is 23.5 Å². The predicted molar refractivity (Wildman–Crippen MR) is 96.3 cm³/mol. The first-order valence-corrected chi connectivity index (χ1v) is 11.0. The summed E-state index contributed by atoms with van der Waals surface area (Å²) in [6.07, 6.45) is -4.98. The first-order chi connectivity index (χ1) is 12.2. The van der Waals surface area contributed by atoms with Crippen molar-refractivity contribution < 1.29 is 26.0 Å². The van der Waals surface area contributed by atoms with Gasteiger partial charge in [-0.25, -0.2) is 12.8 Å². The topological polar surface area (TPSA) is 46.2 Å². The fourth-order valence-corrected chi connectivity index (χ4v) is 6.32. The average Bonchev–Trinajstić information content (AvgIpc) is 3.08. The molecular formula is C16H13F4NO2S3. The molecule has 1 N–H and O–H groups in total. The molecule has 0 unspecified atom stereocenters. The highest BCUT2D eigenvalue weighted by molar-refractivity contribution is 8.19. The van der Waals surface area contributed by atoms with Gasteiger partial charge in [0.15, 0.2) is 0 Å². The van der Waals surface area contributed by atoms with E-state index in [0.29, 0.717) is 12.1 Å². The lowest BCUT2D eigenvalue weighted by Crippen LogP contribution is -2.16. The molecule has 3 rings (SSSR count). The highest BCUT2D eigenvalue weighted by Crippen LogP contribution is 2.45. The molecule has 1 heterocycles. The molecule has 26 heavy (non-hydrogen) atoms. The highest BCUT2D eigenvalue weighted by Gasteiger charge is 2.35. The minimum atomic E-state index is -4.98. The Balaban J connectivity index is 1.89. The van der Waals surface area contributed by atoms with Crippen molar-refractivity contribution in [3.63, 3.8) is 0 Å². The van der Waals surface area contributed by atoms with Gasteiger partial charge >= 0.3 is 6.18 Å². The second-order valence-electron chi connectivity index (χ2n) is 5.44. The fourth-order valence-electron chi connectivity index (χ4n) is 2.40. The van der Waals surface area contributed by atoms with Crippen LogP contribution in [0.15, 0.2) is 47.4 Å². The Bertz CT molecular complexity index is 910. The van der Waals surface area contributed by atoms with Gasteiger partial charge in [-0.05, 0) is 35.9 Å². The Labute approximate surface area is 156 Å². The molecule has 140 valence electrons. The molecule has 1 saturated heterocycles. The third kappa shape index (κ3) is 4.29. The normalized spacial score (nSPS) is 16.0. The number of rotatable bonds is 4. The van der Waals surface area contributed by atoms with Crippen molar-refractivity contribution in [3.8, 4) is 0 Å². The minimum absolute atomic E-state index is 0.196. The molecular weight excluding hydrogens is 410 g/mol. The summed E-state index contributed by atoms with van der Waals surface area (Å²) in [7, 11) is -4.28. The van der Waals surface area contributed by atoms with Crippen LogP contribution in [0.25, 0.3) is 0 Å². The van der Waals surface area contributed by atoms with Gasteiger partial charge in [0, 0.05) is 17.2 Å². The van der Waals surface area contributed by atoms with Crippen LogP contribution in [0.1, 0.15) is 15.7 Å². The highest BCUT2D eigenvalue weighted by atomic mass is 32.2. The average molecular weight is 423 g/mol. The van der Waals surface area contributed by atoms with E-state index in [-0.39, 0.29) is 10.3 Å². The van der Waals surface area contributed by atoms with Crippen molar-refractivity contribution in [2.45, 2.75) is 15.7 Å². The first-order valence-electron chi connectivity index (χ1n) is 7.39. The molecule has 0 saturated carbocycles. The van der Waals surface area contributed by atoms with Crippen LogP contribution in [0.4, 0.5) is 23.2 Å². The number of benzene rings is 2. The maximum absolute atomic E-state index is 13.4. The largest absolute Gasteiger partial charge is 0.419 e. The first kappa shape index (κ1) is 19.4. The maximum Gasteiger partial charge on any atom is 0.419 e. The van der Waals surface area contributed by atoms with Crippen molar-refractivity contribution in [2.75, 3.05) is 16.2 Å². The van der Waals surface area contributed by atoms with Crippen molar-refractivity contribution in [1.29, 1.82) is 0 Å². The van der Waals surface area contributed by atoms with Gasteiger partial charge in [0.25, 0.3) is 10.0 Å². The van der Waals surface area contributed by atoms with Gasteiger partial charge in [-0.3, -0.25) is 4.72 Å². The standard InChI is InChI=1S/C16H13F4NO2S3/c17-14-5-4-12(9-13(14)16(18,19)20)26(22,23)21-11-3-1-2-10(8-11)15-24-6-7-25-15/h1-5,8-9,15,21H,6-7H2. The summed E-state index contributed by atoms with van der Waals surface area (Å²) >= 11 is 3.49. The molecule has 3 nitrogen and oxygen atoms in total. The lowest BCUT2D eigenvalue weighted by molar-refractivity contribution is -0.140. The zero-order chi connectivity index (χ0) is 18.9. The van der Waals surface area contributed by atoms with Crippen LogP contribution in [0.2, 0.25) is 0 Å². The van der Waals surface area contributed by atoms with Gasteiger partial charge in [0.2, 0.25) is 0 Å². The van der Waals surface area contributed by atoms with Crippen LogP contribution in [0.5, 0.6) is 0 Å². The van der Waals surface area contributed by atoms with Crippen molar-refractivity contribution >= 4 is 39.2 Å². The maximum atomic E-state index is 13.4. The van der Waals surface area contributed by atoms with Crippen LogP contribution in [0, 0.1) is 5.82 Å². The molecule has 0 amide bonds. The quantitative estimate of drug-likeness (QED) is 0.693. The summed E-state index contributed by atoms with van der Waals surface area (Å²) < 4.78 is 79.1. The Morgan fingerprint density at radius 3 is 2.38 bits per heavy atom. The van der Waals surface area contributed by atoms with E-state index in [1.54, 1.807) is 35.7 Å². The number of hydrogen-bond acceptors (Lipinski definition) is 4. The smallest absolute Gasteiger partial charge is 0.280 e. The molecule has 0 spiro atoms. The number of nitrogens with one attached hydrogen (secondary N) is 1. The number of hydrogen-bond donors (Lipinski definition) is 1. The summed E-state index contributed by atoms with van der Waals surface area (Å²) in [5.41, 5.74) is -0.450. The fraction of sp³-hybridized carbons (Fsp3) is 0.250. The van der Waals surface area contributed by atoms with E-state index in [2.05, 4.69) is 4.72 Å². The molecule has 0 aliphatic carbocycles. The predicted octanol–water partition coefficient (Wildman–Crippen LogP) is 5.12. The van der Waals surface area contributed by atoms with E-state index >= 15 is 0 Å². The van der Waals surface area contributed by atoms with Crippen LogP contribution in [-0.2, 0) is 16.2 Å². The summed E-state index contributed by atoms with van der Waals surface area (Å²) in [6, 6.07) is 8.32. The zero-order valence-corrected chi connectivity index (χ0v) is 15.5. The van der Waals surface area contributed by atoms with Gasteiger partial charge in [-0.1, -0.05) is 12.1 Å². The van der Waals surface area contributed by atoms with Gasteiger partial charge in [0.1, 0.15) is 5.82 Å². The molecule has 2 aromatic rings. The summed E-state index contributed by atoms with van der Waals surface area (Å²) in [6.45, 7) is 0. The third-order valence-electron chi connectivity index (χ3n) is 3.59. The molecule has 1 aliphatic heterocycles. The monoisotopic (exact) mass is 423 g/mol. The van der Waals surface area contributed by atoms with E-state index in [9.17, 15) is 26.0 Å². The van der Waals surface area contributed by atoms with Gasteiger partial charge < -0.3 is 0 Å². The molecule has 0 atom stereocenters. The number of anilines is 1. The second kappa shape index (κ2) is 7.32. The van der Waals surface area contributed by atoms with E-state index in [1.807, 2.05) is 6.07 Å². The van der Waals surface area contributed by atoms with E-state index < -0.39 is 32.5 Å². The molecule has 1 fully saturated rings.